The Hall–Kier alpha value is -0.330. The van der Waals surface area contributed by atoms with E-state index < -0.39 is 0 Å². The van der Waals surface area contributed by atoms with Gasteiger partial charge in [-0.2, -0.15) is 0 Å². The summed E-state index contributed by atoms with van der Waals surface area (Å²) in [5.74, 6) is 0.615. The molecule has 2 N–H and O–H groups in total. The zero-order chi connectivity index (χ0) is 12.1. The molecule has 0 saturated carbocycles. The summed E-state index contributed by atoms with van der Waals surface area (Å²) in [5.41, 5.74) is 0.751. The Balaban J connectivity index is 0.00000162. The summed E-state index contributed by atoms with van der Waals surface area (Å²) in [5, 5.41) is 6.37. The third-order valence-corrected chi connectivity index (χ3v) is 3.71. The van der Waals surface area contributed by atoms with Gasteiger partial charge in [-0.15, -0.1) is 12.4 Å². The van der Waals surface area contributed by atoms with Gasteiger partial charge < -0.3 is 10.6 Å². The first-order chi connectivity index (χ1) is 8.25. The number of rotatable bonds is 3. The Bertz CT molecular complexity index is 394. The zero-order valence-corrected chi connectivity index (χ0v) is 13.1. The highest BCUT2D eigenvalue weighted by Gasteiger charge is 2.14. The highest BCUT2D eigenvalue weighted by molar-refractivity contribution is 14.1. The number of amides is 1. The van der Waals surface area contributed by atoms with Crippen LogP contribution in [0.4, 0.5) is 0 Å². The maximum absolute atomic E-state index is 11.9. The van der Waals surface area contributed by atoms with Crippen molar-refractivity contribution in [3.8, 4) is 0 Å². The van der Waals surface area contributed by atoms with E-state index in [-0.39, 0.29) is 18.3 Å². The van der Waals surface area contributed by atoms with Crippen molar-refractivity contribution in [1.82, 2.24) is 10.6 Å². The monoisotopic (exact) mass is 380 g/mol. The molecule has 1 aliphatic heterocycles. The van der Waals surface area contributed by atoms with Crippen LogP contribution in [0.2, 0.25) is 0 Å². The van der Waals surface area contributed by atoms with Crippen LogP contribution in [0.1, 0.15) is 23.2 Å². The third-order valence-electron chi connectivity index (χ3n) is 3.04. The van der Waals surface area contributed by atoms with E-state index in [1.165, 1.54) is 12.8 Å². The number of piperidine rings is 1. The van der Waals surface area contributed by atoms with Gasteiger partial charge in [0.2, 0.25) is 0 Å². The highest BCUT2D eigenvalue weighted by Crippen LogP contribution is 2.10. The summed E-state index contributed by atoms with van der Waals surface area (Å²) < 4.78 is 1.09. The zero-order valence-electron chi connectivity index (χ0n) is 10.1. The van der Waals surface area contributed by atoms with Crippen LogP contribution < -0.4 is 10.6 Å². The maximum Gasteiger partial charge on any atom is 0.251 e. The molecule has 1 aromatic rings. The first-order valence-electron chi connectivity index (χ1n) is 6.00. The second-order valence-corrected chi connectivity index (χ2v) is 5.68. The molecule has 1 unspecified atom stereocenters. The fraction of sp³-hybridized carbons (Fsp3) is 0.462. The van der Waals surface area contributed by atoms with Gasteiger partial charge in [0.25, 0.3) is 5.91 Å². The Morgan fingerprint density at radius 2 is 2.33 bits per heavy atom. The molecule has 1 atom stereocenters. The lowest BCUT2D eigenvalue weighted by Crippen LogP contribution is -2.38. The molecule has 1 aliphatic rings. The van der Waals surface area contributed by atoms with E-state index in [1.54, 1.807) is 0 Å². The van der Waals surface area contributed by atoms with Crippen LogP contribution in [0.3, 0.4) is 0 Å². The van der Waals surface area contributed by atoms with Gasteiger partial charge in [-0.3, -0.25) is 4.79 Å². The molecule has 18 heavy (non-hydrogen) atoms. The third kappa shape index (κ3) is 4.74. The summed E-state index contributed by atoms with van der Waals surface area (Å²) in [7, 11) is 0. The first-order valence-corrected chi connectivity index (χ1v) is 7.08. The van der Waals surface area contributed by atoms with Gasteiger partial charge in [0.05, 0.1) is 0 Å². The van der Waals surface area contributed by atoms with E-state index in [9.17, 15) is 4.79 Å². The number of nitrogens with one attached hydrogen (secondary N) is 2. The van der Waals surface area contributed by atoms with Gasteiger partial charge in [-0.1, -0.05) is 6.07 Å². The van der Waals surface area contributed by atoms with E-state index in [0.29, 0.717) is 5.92 Å². The number of halogens is 2. The summed E-state index contributed by atoms with van der Waals surface area (Å²) >= 11 is 2.22. The van der Waals surface area contributed by atoms with Gasteiger partial charge >= 0.3 is 0 Å². The Kier molecular flexibility index (Phi) is 6.96. The van der Waals surface area contributed by atoms with Crippen molar-refractivity contribution in [1.29, 1.82) is 0 Å². The number of hydrogen-bond donors (Lipinski definition) is 2. The Labute approximate surface area is 128 Å². The molecular weight excluding hydrogens is 363 g/mol. The minimum absolute atomic E-state index is 0. The number of carbonyl (C=O) groups is 1. The molecule has 5 heteroatoms. The lowest BCUT2D eigenvalue weighted by Gasteiger charge is -2.22. The molecule has 1 aromatic carbocycles. The fourth-order valence-electron chi connectivity index (χ4n) is 2.07. The molecule has 100 valence electrons. The predicted molar refractivity (Wildman–Crippen MR) is 84.3 cm³/mol. The van der Waals surface area contributed by atoms with E-state index in [4.69, 9.17) is 0 Å². The Morgan fingerprint density at radius 1 is 1.50 bits per heavy atom. The molecule has 0 aromatic heterocycles. The topological polar surface area (TPSA) is 41.1 Å². The molecule has 0 bridgehead atoms. The smallest absolute Gasteiger partial charge is 0.251 e. The minimum atomic E-state index is 0. The second kappa shape index (κ2) is 7.96. The minimum Gasteiger partial charge on any atom is -0.352 e. The molecule has 2 rings (SSSR count). The molecule has 3 nitrogen and oxygen atoms in total. The van der Waals surface area contributed by atoms with Crippen LogP contribution in [0.5, 0.6) is 0 Å². The first kappa shape index (κ1) is 15.7. The quantitative estimate of drug-likeness (QED) is 0.791. The van der Waals surface area contributed by atoms with Gasteiger partial charge in [-0.25, -0.2) is 0 Å². The lowest BCUT2D eigenvalue weighted by atomic mass is 10.00. The second-order valence-electron chi connectivity index (χ2n) is 4.43. The molecule has 1 saturated heterocycles. The normalized spacial score (nSPS) is 18.8. The predicted octanol–water partition coefficient (Wildman–Crippen LogP) is 2.44. The van der Waals surface area contributed by atoms with Crippen molar-refractivity contribution in [2.24, 2.45) is 5.92 Å². The molecule has 1 heterocycles. The Morgan fingerprint density at radius 3 is 3.00 bits per heavy atom. The van der Waals surface area contributed by atoms with Gasteiger partial charge in [-0.05, 0) is 72.6 Å². The molecule has 1 fully saturated rings. The van der Waals surface area contributed by atoms with E-state index in [0.717, 1.165) is 28.8 Å². The average molecular weight is 381 g/mol. The van der Waals surface area contributed by atoms with Crippen molar-refractivity contribution in [2.45, 2.75) is 12.8 Å². The van der Waals surface area contributed by atoms with Crippen LogP contribution in [0.15, 0.2) is 24.3 Å². The molecule has 0 spiro atoms. The van der Waals surface area contributed by atoms with Crippen molar-refractivity contribution >= 4 is 40.9 Å². The van der Waals surface area contributed by atoms with Gasteiger partial charge in [0, 0.05) is 15.7 Å². The van der Waals surface area contributed by atoms with Gasteiger partial charge in [0.1, 0.15) is 0 Å². The average Bonchev–Trinajstić information content (AvgIpc) is 2.37. The lowest BCUT2D eigenvalue weighted by molar-refractivity contribution is 0.0945. The maximum atomic E-state index is 11.9. The van der Waals surface area contributed by atoms with Crippen molar-refractivity contribution < 1.29 is 4.79 Å². The largest absolute Gasteiger partial charge is 0.352 e. The fourth-order valence-corrected chi connectivity index (χ4v) is 2.61. The summed E-state index contributed by atoms with van der Waals surface area (Å²) in [6, 6.07) is 7.67. The van der Waals surface area contributed by atoms with E-state index in [1.807, 2.05) is 24.3 Å². The summed E-state index contributed by atoms with van der Waals surface area (Å²) in [6.45, 7) is 2.91. The summed E-state index contributed by atoms with van der Waals surface area (Å²) in [6.07, 6.45) is 2.42. The van der Waals surface area contributed by atoms with Crippen LogP contribution in [-0.2, 0) is 0 Å². The van der Waals surface area contributed by atoms with Crippen molar-refractivity contribution in [3.63, 3.8) is 0 Å². The number of hydrogen-bond acceptors (Lipinski definition) is 2. The van der Waals surface area contributed by atoms with E-state index >= 15 is 0 Å². The van der Waals surface area contributed by atoms with Crippen molar-refractivity contribution in [3.05, 3.63) is 33.4 Å². The van der Waals surface area contributed by atoms with Crippen LogP contribution in [0, 0.1) is 9.49 Å². The molecular formula is C13H18ClIN2O. The SMILES string of the molecule is Cl.O=C(NCC1CCCNC1)c1cccc(I)c1. The van der Waals surface area contributed by atoms with E-state index in [2.05, 4.69) is 33.2 Å². The van der Waals surface area contributed by atoms with Crippen LogP contribution in [-0.4, -0.2) is 25.5 Å². The van der Waals surface area contributed by atoms with Gasteiger partial charge in [0.15, 0.2) is 0 Å². The number of benzene rings is 1. The molecule has 0 aliphatic carbocycles. The number of carbonyl (C=O) groups excluding carboxylic acids is 1. The van der Waals surface area contributed by atoms with Crippen molar-refractivity contribution in [2.75, 3.05) is 19.6 Å². The van der Waals surface area contributed by atoms with Crippen LogP contribution >= 0.6 is 35.0 Å². The summed E-state index contributed by atoms with van der Waals surface area (Å²) in [4.78, 5) is 11.9. The van der Waals surface area contributed by atoms with Crippen LogP contribution in [0.25, 0.3) is 0 Å². The highest BCUT2D eigenvalue weighted by atomic mass is 127. The molecule has 1 amide bonds. The molecule has 0 radical (unpaired) electrons. The standard InChI is InChI=1S/C13H17IN2O.ClH/c14-12-5-1-4-11(7-12)13(17)16-9-10-3-2-6-15-8-10;/h1,4-5,7,10,15H,2-3,6,8-9H2,(H,16,17);1H.